The molecule has 0 atom stereocenters. The normalized spacial score (nSPS) is 11.2. The van der Waals surface area contributed by atoms with Crippen molar-refractivity contribution in [1.29, 1.82) is 0 Å². The molecule has 0 heterocycles. The number of halogens is 2. The largest absolute Gasteiger partial charge is 0.302 e. The summed E-state index contributed by atoms with van der Waals surface area (Å²) in [5, 5.41) is 0.296. The number of rotatable bonds is 3. The minimum absolute atomic E-state index is 0.225. The lowest BCUT2D eigenvalue weighted by molar-refractivity contribution is -0.109. The van der Waals surface area contributed by atoms with E-state index in [1.807, 2.05) is 0 Å². The fraction of sp³-hybridized carbons (Fsp3) is 0.273. The van der Waals surface area contributed by atoms with Crippen molar-refractivity contribution in [3.63, 3.8) is 0 Å². The van der Waals surface area contributed by atoms with Gasteiger partial charge in [0.15, 0.2) is 0 Å². The summed E-state index contributed by atoms with van der Waals surface area (Å²) in [6, 6.07) is 4.84. The first kappa shape index (κ1) is 13.6. The first-order chi connectivity index (χ1) is 7.37. The zero-order valence-electron chi connectivity index (χ0n) is 8.79. The summed E-state index contributed by atoms with van der Waals surface area (Å²) in [4.78, 5) is 22.6. The topological polar surface area (TPSA) is 34.1 Å². The molecule has 0 N–H and O–H groups in total. The second kappa shape index (κ2) is 5.21. The Morgan fingerprint density at radius 1 is 1.38 bits per heavy atom. The molecule has 1 rings (SSSR count). The van der Waals surface area contributed by atoms with Crippen molar-refractivity contribution < 1.29 is 9.59 Å². The van der Waals surface area contributed by atoms with Gasteiger partial charge in [0, 0.05) is 5.56 Å². The molecule has 0 bridgehead atoms. The van der Waals surface area contributed by atoms with Crippen LogP contribution in [0.3, 0.4) is 0 Å². The zero-order valence-corrected chi connectivity index (χ0v) is 11.1. The van der Waals surface area contributed by atoms with E-state index in [4.69, 9.17) is 23.2 Å². The smallest absolute Gasteiger partial charge is 0.221 e. The van der Waals surface area contributed by atoms with Gasteiger partial charge in [-0.15, -0.1) is 0 Å². The molecule has 1 aromatic carbocycles. The number of carbonyl (C=O) groups is 2. The first-order valence-corrected chi connectivity index (χ1v) is 6.08. The molecule has 1 aromatic rings. The third-order valence-corrected chi connectivity index (χ3v) is 3.66. The highest BCUT2D eigenvalue weighted by molar-refractivity contribution is 8.15. The fourth-order valence-corrected chi connectivity index (χ4v) is 2.23. The SMILES string of the molecule is CC(C)(C=O)SC(=O)c1cccc(Cl)c1Cl. The molecule has 0 aromatic heterocycles. The molecular formula is C11H10Cl2O2S. The lowest BCUT2D eigenvalue weighted by Gasteiger charge is -2.15. The molecule has 2 nitrogen and oxygen atoms in total. The Labute approximate surface area is 108 Å². The van der Waals surface area contributed by atoms with Crippen LogP contribution in [0, 0.1) is 0 Å². The third-order valence-electron chi connectivity index (χ3n) is 1.81. The van der Waals surface area contributed by atoms with E-state index in [1.54, 1.807) is 32.0 Å². The third kappa shape index (κ3) is 3.24. The van der Waals surface area contributed by atoms with Crippen molar-refractivity contribution in [2.24, 2.45) is 0 Å². The maximum Gasteiger partial charge on any atom is 0.221 e. The van der Waals surface area contributed by atoms with E-state index in [1.165, 1.54) is 0 Å². The Balaban J connectivity index is 2.98. The van der Waals surface area contributed by atoms with Crippen LogP contribution in [-0.4, -0.2) is 16.1 Å². The van der Waals surface area contributed by atoms with Gasteiger partial charge < -0.3 is 4.79 Å². The molecule has 0 amide bonds. The van der Waals surface area contributed by atoms with Gasteiger partial charge in [0.05, 0.1) is 14.8 Å². The highest BCUT2D eigenvalue weighted by Crippen LogP contribution is 2.32. The maximum atomic E-state index is 11.9. The van der Waals surface area contributed by atoms with E-state index in [0.29, 0.717) is 10.6 Å². The van der Waals surface area contributed by atoms with Crippen LogP contribution in [0.4, 0.5) is 0 Å². The van der Waals surface area contributed by atoms with Crippen molar-refractivity contribution in [2.75, 3.05) is 0 Å². The van der Waals surface area contributed by atoms with Gasteiger partial charge in [-0.05, 0) is 26.0 Å². The molecule has 16 heavy (non-hydrogen) atoms. The molecule has 0 fully saturated rings. The van der Waals surface area contributed by atoms with Gasteiger partial charge in [-0.1, -0.05) is 41.0 Å². The second-order valence-corrected chi connectivity index (χ2v) is 6.12. The highest BCUT2D eigenvalue weighted by Gasteiger charge is 2.24. The van der Waals surface area contributed by atoms with E-state index in [9.17, 15) is 9.59 Å². The predicted octanol–water partition coefficient (Wildman–Crippen LogP) is 3.84. The molecule has 0 spiro atoms. The molecule has 0 saturated heterocycles. The monoisotopic (exact) mass is 276 g/mol. The molecule has 0 aliphatic carbocycles. The number of benzene rings is 1. The van der Waals surface area contributed by atoms with Gasteiger partial charge in [-0.3, -0.25) is 4.79 Å². The van der Waals surface area contributed by atoms with Gasteiger partial charge in [0.2, 0.25) is 5.12 Å². The van der Waals surface area contributed by atoms with Crippen molar-refractivity contribution in [3.8, 4) is 0 Å². The van der Waals surface area contributed by atoms with E-state index < -0.39 is 4.75 Å². The summed E-state index contributed by atoms with van der Waals surface area (Å²) in [5.74, 6) is 0. The summed E-state index contributed by atoms with van der Waals surface area (Å²) in [6.45, 7) is 3.34. The van der Waals surface area contributed by atoms with Gasteiger partial charge >= 0.3 is 0 Å². The van der Waals surface area contributed by atoms with Crippen LogP contribution in [0.25, 0.3) is 0 Å². The summed E-state index contributed by atoms with van der Waals surface area (Å²) in [5.41, 5.74) is 0.328. The summed E-state index contributed by atoms with van der Waals surface area (Å²) in [6.07, 6.45) is 0.730. The Bertz CT molecular complexity index is 430. The quantitative estimate of drug-likeness (QED) is 0.787. The van der Waals surface area contributed by atoms with Crippen LogP contribution in [0.2, 0.25) is 10.0 Å². The Morgan fingerprint density at radius 3 is 2.56 bits per heavy atom. The minimum Gasteiger partial charge on any atom is -0.302 e. The lowest BCUT2D eigenvalue weighted by atomic mass is 10.2. The Hall–Kier alpha value is -0.510. The molecule has 5 heteroatoms. The first-order valence-electron chi connectivity index (χ1n) is 4.51. The predicted molar refractivity (Wildman–Crippen MR) is 68.5 cm³/mol. The standard InChI is InChI=1S/C11H10Cl2O2S/c1-11(2,6-14)16-10(15)7-4-3-5-8(12)9(7)13/h3-6H,1-2H3. The summed E-state index contributed by atoms with van der Waals surface area (Å²) >= 11 is 12.6. The molecule has 86 valence electrons. The molecule has 0 aliphatic heterocycles. The minimum atomic E-state index is -0.761. The van der Waals surface area contributed by atoms with E-state index in [0.717, 1.165) is 18.0 Å². The molecule has 0 unspecified atom stereocenters. The lowest BCUT2D eigenvalue weighted by Crippen LogP contribution is -2.19. The molecular weight excluding hydrogens is 267 g/mol. The molecule has 0 saturated carbocycles. The molecule has 0 aliphatic rings. The van der Waals surface area contributed by atoms with Crippen LogP contribution in [0.15, 0.2) is 18.2 Å². The number of hydrogen-bond donors (Lipinski definition) is 0. The number of carbonyl (C=O) groups excluding carboxylic acids is 2. The summed E-state index contributed by atoms with van der Waals surface area (Å²) in [7, 11) is 0. The average Bonchev–Trinajstić information content (AvgIpc) is 2.21. The van der Waals surface area contributed by atoms with Gasteiger partial charge in [-0.2, -0.15) is 0 Å². The van der Waals surface area contributed by atoms with Crippen molar-refractivity contribution >= 4 is 46.4 Å². The fourth-order valence-electron chi connectivity index (χ4n) is 0.979. The average molecular weight is 277 g/mol. The van der Waals surface area contributed by atoms with Gasteiger partial charge in [-0.25, -0.2) is 0 Å². The van der Waals surface area contributed by atoms with Gasteiger partial charge in [0.1, 0.15) is 6.29 Å². The van der Waals surface area contributed by atoms with Crippen molar-refractivity contribution in [1.82, 2.24) is 0 Å². The second-order valence-electron chi connectivity index (χ2n) is 3.71. The van der Waals surface area contributed by atoms with Crippen LogP contribution in [-0.2, 0) is 4.79 Å². The number of aldehydes is 1. The molecule has 0 radical (unpaired) electrons. The number of thioether (sulfide) groups is 1. The van der Waals surface area contributed by atoms with Crippen LogP contribution >= 0.6 is 35.0 Å². The Morgan fingerprint density at radius 2 is 2.00 bits per heavy atom. The van der Waals surface area contributed by atoms with Crippen LogP contribution < -0.4 is 0 Å². The van der Waals surface area contributed by atoms with E-state index >= 15 is 0 Å². The van der Waals surface area contributed by atoms with Crippen molar-refractivity contribution in [3.05, 3.63) is 33.8 Å². The maximum absolute atomic E-state index is 11.9. The zero-order chi connectivity index (χ0) is 12.3. The number of hydrogen-bond acceptors (Lipinski definition) is 3. The van der Waals surface area contributed by atoms with Gasteiger partial charge in [0.25, 0.3) is 0 Å². The van der Waals surface area contributed by atoms with Crippen LogP contribution in [0.5, 0.6) is 0 Å². The highest BCUT2D eigenvalue weighted by atomic mass is 35.5. The summed E-state index contributed by atoms with van der Waals surface area (Å²) < 4.78 is -0.761. The van der Waals surface area contributed by atoms with E-state index in [2.05, 4.69) is 0 Å². The van der Waals surface area contributed by atoms with Crippen LogP contribution in [0.1, 0.15) is 24.2 Å². The Kier molecular flexibility index (Phi) is 4.42. The van der Waals surface area contributed by atoms with Crippen molar-refractivity contribution in [2.45, 2.75) is 18.6 Å². The van der Waals surface area contributed by atoms with E-state index in [-0.39, 0.29) is 10.1 Å².